The van der Waals surface area contributed by atoms with Crippen molar-refractivity contribution in [1.82, 2.24) is 0 Å². The van der Waals surface area contributed by atoms with Gasteiger partial charge in [0.25, 0.3) is 0 Å². The summed E-state index contributed by atoms with van der Waals surface area (Å²) in [5.74, 6) is 0. The summed E-state index contributed by atoms with van der Waals surface area (Å²) < 4.78 is 0. The molecule has 0 saturated heterocycles. The summed E-state index contributed by atoms with van der Waals surface area (Å²) >= 11 is 0. The Kier molecular flexibility index (Phi) is 3.21. The smallest absolute Gasteiger partial charge is 0.00130 e. The van der Waals surface area contributed by atoms with Gasteiger partial charge in [-0.3, -0.25) is 0 Å². The molecule has 4 aliphatic carbocycles. The fraction of sp³-hybridized carbons (Fsp3) is 0.241. The van der Waals surface area contributed by atoms with E-state index >= 15 is 0 Å². The summed E-state index contributed by atoms with van der Waals surface area (Å²) in [5.41, 5.74) is 18.7. The lowest BCUT2D eigenvalue weighted by molar-refractivity contribution is 0.897. The third-order valence-corrected chi connectivity index (χ3v) is 7.57. The molecule has 0 saturated carbocycles. The summed E-state index contributed by atoms with van der Waals surface area (Å²) in [6, 6.07) is 18.8. The van der Waals surface area contributed by atoms with Gasteiger partial charge in [-0.15, -0.1) is 0 Å². The highest BCUT2D eigenvalue weighted by molar-refractivity contribution is 5.99. The summed E-state index contributed by atoms with van der Waals surface area (Å²) in [6.07, 6.45) is 13.0. The lowest BCUT2D eigenvalue weighted by atomic mass is 9.75. The molecule has 0 aliphatic heterocycles. The van der Waals surface area contributed by atoms with Gasteiger partial charge in [-0.25, -0.2) is 0 Å². The second-order valence-electron chi connectivity index (χ2n) is 9.05. The second kappa shape index (κ2) is 5.83. The van der Waals surface area contributed by atoms with Crippen molar-refractivity contribution in [2.75, 3.05) is 0 Å². The minimum Gasteiger partial charge on any atom is -0.0839 e. The van der Waals surface area contributed by atoms with Gasteiger partial charge in [0.1, 0.15) is 0 Å². The third-order valence-electron chi connectivity index (χ3n) is 7.57. The Morgan fingerprint density at radius 3 is 2.10 bits per heavy atom. The number of allylic oxidation sites excluding steroid dienone is 4. The van der Waals surface area contributed by atoms with Gasteiger partial charge in [-0.2, -0.15) is 0 Å². The average molecular weight is 373 g/mol. The van der Waals surface area contributed by atoms with Crippen molar-refractivity contribution in [3.63, 3.8) is 0 Å². The lowest BCUT2D eigenvalue weighted by Crippen LogP contribution is -2.09. The van der Waals surface area contributed by atoms with Crippen LogP contribution in [0.15, 0.2) is 66.3 Å². The minimum atomic E-state index is 1.09. The van der Waals surface area contributed by atoms with Gasteiger partial charge in [0.05, 0.1) is 0 Å². The van der Waals surface area contributed by atoms with Gasteiger partial charge in [-0.1, -0.05) is 60.7 Å². The molecule has 140 valence electrons. The van der Waals surface area contributed by atoms with Gasteiger partial charge in [0, 0.05) is 0 Å². The molecule has 3 aromatic carbocycles. The van der Waals surface area contributed by atoms with Crippen LogP contribution in [0, 0.1) is 0 Å². The number of fused-ring (bicyclic) bond motifs is 10. The zero-order chi connectivity index (χ0) is 18.9. The van der Waals surface area contributed by atoms with E-state index in [9.17, 15) is 0 Å². The van der Waals surface area contributed by atoms with E-state index in [4.69, 9.17) is 0 Å². The van der Waals surface area contributed by atoms with E-state index in [1.165, 1.54) is 60.8 Å². The van der Waals surface area contributed by atoms with Crippen LogP contribution in [0.1, 0.15) is 52.6 Å². The van der Waals surface area contributed by atoms with Gasteiger partial charge in [0.2, 0.25) is 0 Å². The SMILES string of the molecule is C1=CC2=C(CC1)c1c(ccc3c1-c1c(ccc4c1-c1ccccc1CC4)C3)CC2. The van der Waals surface area contributed by atoms with Crippen LogP contribution >= 0.6 is 0 Å². The Balaban J connectivity index is 1.58. The molecule has 0 spiro atoms. The maximum atomic E-state index is 2.43. The molecular formula is C29H24. The van der Waals surface area contributed by atoms with Crippen LogP contribution in [-0.2, 0) is 25.7 Å². The molecule has 4 aliphatic rings. The number of rotatable bonds is 0. The quantitative estimate of drug-likeness (QED) is 0.309. The summed E-state index contributed by atoms with van der Waals surface area (Å²) in [4.78, 5) is 0. The van der Waals surface area contributed by atoms with Gasteiger partial charge < -0.3 is 0 Å². The number of aryl methyl sites for hydroxylation is 3. The Bertz CT molecular complexity index is 1270. The van der Waals surface area contributed by atoms with Crippen LogP contribution in [0.3, 0.4) is 0 Å². The molecular weight excluding hydrogens is 348 g/mol. The first-order chi connectivity index (χ1) is 14.4. The van der Waals surface area contributed by atoms with Crippen LogP contribution in [0.5, 0.6) is 0 Å². The molecule has 29 heavy (non-hydrogen) atoms. The van der Waals surface area contributed by atoms with E-state index < -0.39 is 0 Å². The molecule has 0 radical (unpaired) electrons. The first-order valence-electron chi connectivity index (χ1n) is 11.2. The van der Waals surface area contributed by atoms with E-state index in [0.29, 0.717) is 0 Å². The molecule has 0 atom stereocenters. The molecule has 0 unspecified atom stereocenters. The van der Waals surface area contributed by atoms with E-state index in [0.717, 1.165) is 6.42 Å². The van der Waals surface area contributed by atoms with Crippen molar-refractivity contribution in [3.8, 4) is 22.3 Å². The molecule has 0 heteroatoms. The maximum Gasteiger partial charge on any atom is -0.00130 e. The molecule has 0 fully saturated rings. The zero-order valence-electron chi connectivity index (χ0n) is 16.7. The lowest BCUT2D eigenvalue weighted by Gasteiger charge is -2.29. The van der Waals surface area contributed by atoms with Crippen LogP contribution in [-0.4, -0.2) is 0 Å². The monoisotopic (exact) mass is 372 g/mol. The van der Waals surface area contributed by atoms with Crippen LogP contribution in [0.4, 0.5) is 0 Å². The predicted molar refractivity (Wildman–Crippen MR) is 121 cm³/mol. The zero-order valence-corrected chi connectivity index (χ0v) is 16.7. The predicted octanol–water partition coefficient (Wildman–Crippen LogP) is 7.07. The molecule has 0 heterocycles. The Morgan fingerprint density at radius 2 is 1.21 bits per heavy atom. The van der Waals surface area contributed by atoms with Crippen LogP contribution in [0.2, 0.25) is 0 Å². The second-order valence-corrected chi connectivity index (χ2v) is 9.05. The van der Waals surface area contributed by atoms with Crippen molar-refractivity contribution in [2.45, 2.75) is 44.9 Å². The number of hydrogen-bond donors (Lipinski definition) is 0. The minimum absolute atomic E-state index is 1.09. The molecule has 0 nitrogen and oxygen atoms in total. The molecule has 0 amide bonds. The summed E-state index contributed by atoms with van der Waals surface area (Å²) in [5, 5.41) is 0. The van der Waals surface area contributed by atoms with Crippen molar-refractivity contribution < 1.29 is 0 Å². The topological polar surface area (TPSA) is 0 Å². The highest BCUT2D eigenvalue weighted by Gasteiger charge is 2.32. The fourth-order valence-electron chi connectivity index (χ4n) is 6.27. The van der Waals surface area contributed by atoms with E-state index in [1.807, 2.05) is 0 Å². The highest BCUT2D eigenvalue weighted by Crippen LogP contribution is 2.52. The summed E-state index contributed by atoms with van der Waals surface area (Å²) in [6.45, 7) is 0. The first-order valence-corrected chi connectivity index (χ1v) is 11.2. The summed E-state index contributed by atoms with van der Waals surface area (Å²) in [7, 11) is 0. The van der Waals surface area contributed by atoms with E-state index in [1.54, 1.807) is 44.5 Å². The van der Waals surface area contributed by atoms with Crippen LogP contribution < -0.4 is 0 Å². The Hall–Kier alpha value is -2.86. The molecule has 0 N–H and O–H groups in total. The number of benzene rings is 3. The van der Waals surface area contributed by atoms with Crippen molar-refractivity contribution in [3.05, 3.63) is 99.6 Å². The van der Waals surface area contributed by atoms with Crippen molar-refractivity contribution >= 4 is 5.57 Å². The molecule has 3 aromatic rings. The average Bonchev–Trinajstić information content (AvgIpc) is 3.17. The normalized spacial score (nSPS) is 17.8. The Labute approximate surface area is 172 Å². The van der Waals surface area contributed by atoms with Gasteiger partial charge in [0.15, 0.2) is 0 Å². The fourth-order valence-corrected chi connectivity index (χ4v) is 6.27. The van der Waals surface area contributed by atoms with Crippen molar-refractivity contribution in [2.24, 2.45) is 0 Å². The van der Waals surface area contributed by atoms with Gasteiger partial charge >= 0.3 is 0 Å². The molecule has 0 bridgehead atoms. The third kappa shape index (κ3) is 2.15. The van der Waals surface area contributed by atoms with E-state index in [2.05, 4.69) is 60.7 Å². The maximum absolute atomic E-state index is 2.43. The largest absolute Gasteiger partial charge is 0.0839 e. The number of hydrogen-bond acceptors (Lipinski definition) is 0. The highest BCUT2D eigenvalue weighted by atomic mass is 14.4. The molecule has 7 rings (SSSR count). The van der Waals surface area contributed by atoms with E-state index in [-0.39, 0.29) is 0 Å². The Morgan fingerprint density at radius 1 is 0.517 bits per heavy atom. The first kappa shape index (κ1) is 16.0. The molecule has 0 aromatic heterocycles. The van der Waals surface area contributed by atoms with Crippen LogP contribution in [0.25, 0.3) is 27.8 Å². The standard InChI is InChI=1S/C29H24/c1-3-7-24-18(5-1)9-11-20-13-15-22-17-23-16-14-21-12-10-19-6-2-4-8-25(19)27(21)29(23)28(22)26(20)24/h1-3,5-7,13-16H,4,8-12,17H2. The van der Waals surface area contributed by atoms with Crippen molar-refractivity contribution in [1.29, 1.82) is 0 Å². The van der Waals surface area contributed by atoms with Gasteiger partial charge in [-0.05, 0) is 112 Å².